The number of nitrogens with zero attached hydrogens (tertiary/aromatic N) is 5. The molecule has 0 radical (unpaired) electrons. The molecule has 4 rings (SSSR count). The smallest absolute Gasteiger partial charge is 0.296 e. The van der Waals surface area contributed by atoms with Gasteiger partial charge in [-0.3, -0.25) is 20.1 Å². The summed E-state index contributed by atoms with van der Waals surface area (Å²) in [4.78, 5) is 18.4. The lowest BCUT2D eigenvalue weighted by atomic mass is 10.2. The minimum absolute atomic E-state index is 0. The van der Waals surface area contributed by atoms with Crippen LogP contribution in [-0.2, 0) is 0 Å². The Hall–Kier alpha value is -5.96. The number of pyridine rings is 2. The van der Waals surface area contributed by atoms with Gasteiger partial charge < -0.3 is 41.4 Å². The van der Waals surface area contributed by atoms with Crippen LogP contribution in [0, 0.1) is 10.1 Å². The predicted molar refractivity (Wildman–Crippen MR) is 165 cm³/mol. The molecule has 0 aliphatic rings. The number of anilines is 3. The van der Waals surface area contributed by atoms with Gasteiger partial charge in [-0.05, 0) is 36.4 Å². The van der Waals surface area contributed by atoms with Crippen LogP contribution in [0.3, 0.4) is 0 Å². The van der Waals surface area contributed by atoms with Crippen LogP contribution in [0.15, 0.2) is 83.4 Å². The zero-order valence-electron chi connectivity index (χ0n) is 22.9. The number of benzene rings is 2. The Morgan fingerprint density at radius 3 is 1.65 bits per heavy atom. The van der Waals surface area contributed by atoms with Gasteiger partial charge in [-0.15, -0.1) is 0 Å². The first kappa shape index (κ1) is 35.1. The summed E-state index contributed by atoms with van der Waals surface area (Å²) in [5.41, 5.74) is 8.52. The maximum atomic E-state index is 11.0. The van der Waals surface area contributed by atoms with Crippen LogP contribution in [0.4, 0.5) is 22.7 Å². The van der Waals surface area contributed by atoms with E-state index in [1.54, 1.807) is 56.7 Å². The number of nitrogens with two attached hydrogens (primary N) is 1. The van der Waals surface area contributed by atoms with Gasteiger partial charge in [0.15, 0.2) is 0 Å². The summed E-state index contributed by atoms with van der Waals surface area (Å²) in [5.74, 6) is 1.95. The van der Waals surface area contributed by atoms with Crippen LogP contribution in [0.2, 0.25) is 0 Å². The highest BCUT2D eigenvalue weighted by molar-refractivity contribution is 5.77. The second-order valence-corrected chi connectivity index (χ2v) is 7.71. The first-order valence-corrected chi connectivity index (χ1v) is 12.0. The zero-order chi connectivity index (χ0) is 30.9. The molecule has 0 spiro atoms. The Balaban J connectivity index is 0.000000399. The summed E-state index contributed by atoms with van der Waals surface area (Å²) < 4.78 is 11.2. The topological polar surface area (TPSA) is 223 Å². The third-order valence-electron chi connectivity index (χ3n) is 5.08. The van der Waals surface area contributed by atoms with Gasteiger partial charge in [-0.25, -0.2) is 0 Å². The van der Waals surface area contributed by atoms with Crippen molar-refractivity contribution in [2.45, 2.75) is 7.43 Å². The molecule has 0 amide bonds. The molecule has 7 N–H and O–H groups in total. The third kappa shape index (κ3) is 10.8. The van der Waals surface area contributed by atoms with Crippen LogP contribution >= 0.6 is 0 Å². The van der Waals surface area contributed by atoms with E-state index >= 15 is 0 Å². The van der Waals surface area contributed by atoms with E-state index < -0.39 is 4.92 Å². The molecule has 15 heteroatoms. The lowest BCUT2D eigenvalue weighted by Crippen LogP contribution is -1.97. The van der Waals surface area contributed by atoms with E-state index in [4.69, 9.17) is 30.7 Å². The molecule has 0 aliphatic carbocycles. The highest BCUT2D eigenvalue weighted by Gasteiger charge is 2.14. The van der Waals surface area contributed by atoms with Crippen LogP contribution < -0.4 is 25.8 Å². The molecule has 0 fully saturated rings. The predicted octanol–water partition coefficient (Wildman–Crippen LogP) is 5.18. The van der Waals surface area contributed by atoms with E-state index in [0.717, 1.165) is 19.0 Å². The molecular weight excluding hydrogens is 560 g/mol. The van der Waals surface area contributed by atoms with Crippen LogP contribution in [0.1, 0.15) is 18.8 Å². The summed E-state index contributed by atoms with van der Waals surface area (Å²) in [6, 6.07) is 16.4. The van der Waals surface area contributed by atoms with Crippen molar-refractivity contribution < 1.29 is 29.9 Å². The van der Waals surface area contributed by atoms with E-state index in [0.29, 0.717) is 45.8 Å². The number of nitro benzene ring substituents is 1. The molecule has 15 nitrogen and oxygen atoms in total. The van der Waals surface area contributed by atoms with Crippen molar-refractivity contribution in [1.82, 2.24) is 9.97 Å². The number of ether oxygens (including phenoxy) is 2. The van der Waals surface area contributed by atoms with Crippen molar-refractivity contribution in [3.8, 4) is 23.0 Å². The lowest BCUT2D eigenvalue weighted by Gasteiger charge is -2.09. The first-order valence-electron chi connectivity index (χ1n) is 12.0. The van der Waals surface area contributed by atoms with Crippen molar-refractivity contribution in [2.75, 3.05) is 37.6 Å². The van der Waals surface area contributed by atoms with Gasteiger partial charge in [0.25, 0.3) is 5.69 Å². The maximum absolute atomic E-state index is 11.0. The van der Waals surface area contributed by atoms with E-state index in [1.165, 1.54) is 24.5 Å². The summed E-state index contributed by atoms with van der Waals surface area (Å²) in [5, 5.41) is 46.4. The Bertz CT molecular complexity index is 1520. The summed E-state index contributed by atoms with van der Waals surface area (Å²) in [6.45, 7) is 0. The van der Waals surface area contributed by atoms with Crippen molar-refractivity contribution in [1.29, 1.82) is 0 Å². The summed E-state index contributed by atoms with van der Waals surface area (Å²) in [6.07, 6.45) is 5.42. The number of aliphatic hydroxyl groups excluding tert-OH is 1. The monoisotopic (exact) mass is 594 g/mol. The van der Waals surface area contributed by atoms with E-state index in [1.807, 2.05) is 12.1 Å². The van der Waals surface area contributed by atoms with Gasteiger partial charge in [-0.1, -0.05) is 17.7 Å². The fourth-order valence-corrected chi connectivity index (χ4v) is 3.28. The number of nitrogens with one attached hydrogen (secondary N) is 2. The maximum Gasteiger partial charge on any atom is 0.296 e. The third-order valence-corrected chi connectivity index (χ3v) is 5.08. The Kier molecular flexibility index (Phi) is 15.0. The largest absolute Gasteiger partial charge is 0.457 e. The van der Waals surface area contributed by atoms with Crippen LogP contribution in [0.25, 0.3) is 0 Å². The van der Waals surface area contributed by atoms with Crippen molar-refractivity contribution in [2.24, 2.45) is 10.3 Å². The molecule has 0 aliphatic heterocycles. The fraction of sp³-hybridized carbons (Fsp3) is 0.143. The number of hydrogen-bond acceptors (Lipinski definition) is 14. The quantitative estimate of drug-likeness (QED) is 0.0484. The molecule has 43 heavy (non-hydrogen) atoms. The van der Waals surface area contributed by atoms with Crippen LogP contribution in [-0.4, -0.2) is 64.0 Å². The molecule has 228 valence electrons. The number of aliphatic hydroxyl groups is 1. The number of nitrogen functional groups attached to an aromatic ring is 1. The number of nitro groups is 1. The van der Waals surface area contributed by atoms with E-state index in [2.05, 4.69) is 30.9 Å². The second-order valence-electron chi connectivity index (χ2n) is 7.71. The average Bonchev–Trinajstić information content (AvgIpc) is 2.99. The van der Waals surface area contributed by atoms with Gasteiger partial charge in [0.05, 0.1) is 46.2 Å². The first-order chi connectivity index (χ1) is 20.4. The van der Waals surface area contributed by atoms with E-state index in [-0.39, 0.29) is 13.1 Å². The van der Waals surface area contributed by atoms with Gasteiger partial charge >= 0.3 is 0 Å². The lowest BCUT2D eigenvalue weighted by molar-refractivity contribution is -0.384. The number of aromatic nitrogens is 2. The van der Waals surface area contributed by atoms with Gasteiger partial charge in [0.1, 0.15) is 28.7 Å². The van der Waals surface area contributed by atoms with Crippen molar-refractivity contribution in [3.05, 3.63) is 94.6 Å². The Labute approximate surface area is 248 Å². The fourth-order valence-electron chi connectivity index (χ4n) is 3.28. The highest BCUT2D eigenvalue weighted by atomic mass is 16.6. The summed E-state index contributed by atoms with van der Waals surface area (Å²) >= 11 is 0. The number of rotatable bonds is 9. The Morgan fingerprint density at radius 1 is 0.791 bits per heavy atom. The van der Waals surface area contributed by atoms with Gasteiger partial charge in [-0.2, -0.15) is 0 Å². The Morgan fingerprint density at radius 2 is 1.23 bits per heavy atom. The molecular formula is C28H34N8O7. The average molecular weight is 595 g/mol. The zero-order valence-corrected chi connectivity index (χ0v) is 22.9. The minimum atomic E-state index is -0.491. The SMILES string of the molecule is C.CNc1ccc(Oc2ccnc(/C=N\O)c2)cc1N.CNc1ccc(Oc2ccnc(/C=N\O)c2)cc1[N+](=O)[O-].CO. The molecule has 0 saturated heterocycles. The highest BCUT2D eigenvalue weighted by Crippen LogP contribution is 2.31. The normalized spacial score (nSPS) is 9.95. The molecule has 2 aromatic heterocycles. The minimum Gasteiger partial charge on any atom is -0.457 e. The van der Waals surface area contributed by atoms with Crippen LogP contribution in [0.5, 0.6) is 23.0 Å². The van der Waals surface area contributed by atoms with Gasteiger partial charge in [0.2, 0.25) is 0 Å². The van der Waals surface area contributed by atoms with E-state index in [9.17, 15) is 10.1 Å². The summed E-state index contributed by atoms with van der Waals surface area (Å²) in [7, 11) is 4.40. The molecule has 2 aromatic carbocycles. The molecule has 4 aromatic rings. The molecule has 0 bridgehead atoms. The molecule has 0 atom stereocenters. The number of hydrogen-bond donors (Lipinski definition) is 6. The molecule has 2 heterocycles. The van der Waals surface area contributed by atoms with Gasteiger partial charge in [0, 0.05) is 51.8 Å². The standard InChI is InChI=1S/C13H12N4O4.C13H14N4O2.CH4O.CH4/c1-14-12-3-2-10(7-13(12)17(19)20)21-11-4-5-15-9(6-11)8-16-18;1-15-13-3-2-10(7-12(13)14)19-11-4-5-16-9(6-11)8-17-18;1-2;/h2-8,14,18H,1H3;2-8,15,18H,14H2,1H3;2H,1H3;1H4/b16-8-;17-8-;;. The number of oxime groups is 2. The molecule has 0 unspecified atom stereocenters. The van der Waals surface area contributed by atoms with Crippen molar-refractivity contribution >= 4 is 35.2 Å². The van der Waals surface area contributed by atoms with Crippen molar-refractivity contribution in [3.63, 3.8) is 0 Å². The second kappa shape index (κ2) is 18.4. The molecule has 0 saturated carbocycles.